The van der Waals surface area contributed by atoms with Gasteiger partial charge in [0.05, 0.1) is 4.92 Å². The second kappa shape index (κ2) is 7.35. The van der Waals surface area contributed by atoms with Gasteiger partial charge in [-0.25, -0.2) is 4.98 Å². The number of benzene rings is 1. The summed E-state index contributed by atoms with van der Waals surface area (Å²) in [6.07, 6.45) is 2.13. The normalized spacial score (nSPS) is 10.3. The molecule has 1 aromatic heterocycles. The Bertz CT molecular complexity index is 572. The highest BCUT2D eigenvalue weighted by atomic mass is 16.6. The van der Waals surface area contributed by atoms with E-state index in [0.717, 1.165) is 24.3 Å². The number of pyridine rings is 1. The molecular formula is C15H18N4O2. The lowest BCUT2D eigenvalue weighted by atomic mass is 10.2. The van der Waals surface area contributed by atoms with Crippen LogP contribution in [0, 0.1) is 10.1 Å². The molecule has 2 N–H and O–H groups in total. The number of nitrogens with zero attached hydrogens (tertiary/aromatic N) is 3. The van der Waals surface area contributed by atoms with Gasteiger partial charge < -0.3 is 10.6 Å². The first-order valence-electron chi connectivity index (χ1n) is 6.80. The molecule has 6 nitrogen and oxygen atoms in total. The SMILES string of the molecule is NCCCN(Cc1ccccc1)c1ccc([N+](=O)[O-])cn1. The zero-order valence-corrected chi connectivity index (χ0v) is 11.7. The van der Waals surface area contributed by atoms with Crippen molar-refractivity contribution in [2.75, 3.05) is 18.0 Å². The van der Waals surface area contributed by atoms with E-state index < -0.39 is 4.92 Å². The Hall–Kier alpha value is -2.47. The topological polar surface area (TPSA) is 85.3 Å². The summed E-state index contributed by atoms with van der Waals surface area (Å²) in [5.74, 6) is 0.720. The van der Waals surface area contributed by atoms with E-state index in [9.17, 15) is 10.1 Å². The summed E-state index contributed by atoms with van der Waals surface area (Å²) in [4.78, 5) is 16.5. The van der Waals surface area contributed by atoms with Gasteiger partial charge in [-0.2, -0.15) is 0 Å². The fourth-order valence-corrected chi connectivity index (χ4v) is 2.03. The van der Waals surface area contributed by atoms with Crippen LogP contribution in [0.4, 0.5) is 11.5 Å². The van der Waals surface area contributed by atoms with E-state index >= 15 is 0 Å². The molecule has 0 fully saturated rings. The molecule has 0 amide bonds. The van der Waals surface area contributed by atoms with Crippen molar-refractivity contribution >= 4 is 11.5 Å². The minimum atomic E-state index is -0.446. The first-order chi connectivity index (χ1) is 10.2. The predicted octanol–water partition coefficient (Wildman–Crippen LogP) is 2.35. The van der Waals surface area contributed by atoms with Crippen LogP contribution in [0.15, 0.2) is 48.7 Å². The van der Waals surface area contributed by atoms with Crippen molar-refractivity contribution in [1.29, 1.82) is 0 Å². The van der Waals surface area contributed by atoms with E-state index in [-0.39, 0.29) is 5.69 Å². The summed E-state index contributed by atoms with van der Waals surface area (Å²) in [6.45, 7) is 2.06. The Labute approximate surface area is 123 Å². The van der Waals surface area contributed by atoms with Crippen molar-refractivity contribution in [3.8, 4) is 0 Å². The van der Waals surface area contributed by atoms with Crippen molar-refractivity contribution in [2.45, 2.75) is 13.0 Å². The highest BCUT2D eigenvalue weighted by molar-refractivity contribution is 5.43. The van der Waals surface area contributed by atoms with Gasteiger partial charge in [0.25, 0.3) is 5.69 Å². The van der Waals surface area contributed by atoms with Crippen molar-refractivity contribution in [2.24, 2.45) is 5.73 Å². The lowest BCUT2D eigenvalue weighted by molar-refractivity contribution is -0.385. The highest BCUT2D eigenvalue weighted by Crippen LogP contribution is 2.18. The van der Waals surface area contributed by atoms with Gasteiger partial charge in [-0.05, 0) is 24.6 Å². The quantitative estimate of drug-likeness (QED) is 0.623. The molecule has 0 saturated heterocycles. The molecule has 1 heterocycles. The van der Waals surface area contributed by atoms with Crippen molar-refractivity contribution < 1.29 is 4.92 Å². The molecule has 6 heteroatoms. The molecule has 0 bridgehead atoms. The lowest BCUT2D eigenvalue weighted by Gasteiger charge is -2.23. The van der Waals surface area contributed by atoms with E-state index in [0.29, 0.717) is 13.1 Å². The van der Waals surface area contributed by atoms with Gasteiger partial charge in [0.1, 0.15) is 12.0 Å². The molecule has 21 heavy (non-hydrogen) atoms. The number of hydrogen-bond donors (Lipinski definition) is 1. The van der Waals surface area contributed by atoms with Crippen LogP contribution in [-0.4, -0.2) is 23.0 Å². The molecule has 0 saturated carbocycles. The summed E-state index contributed by atoms with van der Waals surface area (Å²) in [6, 6.07) is 13.2. The highest BCUT2D eigenvalue weighted by Gasteiger charge is 2.11. The predicted molar refractivity (Wildman–Crippen MR) is 82.1 cm³/mol. The zero-order valence-electron chi connectivity index (χ0n) is 11.7. The standard InChI is InChI=1S/C15H18N4O2/c16-9-4-10-18(12-13-5-2-1-3-6-13)15-8-7-14(11-17-15)19(20)21/h1-3,5-8,11H,4,9-10,12,16H2. The Morgan fingerprint density at radius 2 is 1.95 bits per heavy atom. The van der Waals surface area contributed by atoms with Gasteiger partial charge in [-0.15, -0.1) is 0 Å². The lowest BCUT2D eigenvalue weighted by Crippen LogP contribution is -2.26. The molecule has 0 aliphatic rings. The first-order valence-corrected chi connectivity index (χ1v) is 6.80. The van der Waals surface area contributed by atoms with Crippen molar-refractivity contribution in [3.05, 3.63) is 64.3 Å². The average Bonchev–Trinajstić information content (AvgIpc) is 2.52. The van der Waals surface area contributed by atoms with Gasteiger partial charge in [0.15, 0.2) is 0 Å². The number of nitro groups is 1. The third-order valence-electron chi connectivity index (χ3n) is 3.12. The maximum atomic E-state index is 10.7. The van der Waals surface area contributed by atoms with Crippen molar-refractivity contribution in [3.63, 3.8) is 0 Å². The largest absolute Gasteiger partial charge is 0.352 e. The second-order valence-electron chi connectivity index (χ2n) is 4.68. The maximum Gasteiger partial charge on any atom is 0.287 e. The molecule has 0 aliphatic heterocycles. The van der Waals surface area contributed by atoms with Gasteiger partial charge >= 0.3 is 0 Å². The van der Waals surface area contributed by atoms with Crippen LogP contribution in [-0.2, 0) is 6.54 Å². The minimum Gasteiger partial charge on any atom is -0.352 e. The molecule has 0 unspecified atom stereocenters. The van der Waals surface area contributed by atoms with Gasteiger partial charge in [-0.3, -0.25) is 10.1 Å². The molecule has 2 aromatic rings. The summed E-state index contributed by atoms with van der Waals surface area (Å²) >= 11 is 0. The van der Waals surface area contributed by atoms with E-state index in [4.69, 9.17) is 5.73 Å². The third kappa shape index (κ3) is 4.25. The van der Waals surface area contributed by atoms with Crippen LogP contribution in [0.2, 0.25) is 0 Å². The van der Waals surface area contributed by atoms with Gasteiger partial charge in [-0.1, -0.05) is 30.3 Å². The van der Waals surface area contributed by atoms with Crippen LogP contribution in [0.5, 0.6) is 0 Å². The smallest absolute Gasteiger partial charge is 0.287 e. The van der Waals surface area contributed by atoms with Crippen LogP contribution in [0.3, 0.4) is 0 Å². The Morgan fingerprint density at radius 1 is 1.19 bits per heavy atom. The third-order valence-corrected chi connectivity index (χ3v) is 3.12. The second-order valence-corrected chi connectivity index (χ2v) is 4.68. The minimum absolute atomic E-state index is 0.00256. The molecule has 0 radical (unpaired) electrons. The van der Waals surface area contributed by atoms with E-state index in [1.165, 1.54) is 12.3 Å². The van der Waals surface area contributed by atoms with Crippen LogP contribution in [0.25, 0.3) is 0 Å². The number of aromatic nitrogens is 1. The maximum absolute atomic E-state index is 10.7. The number of hydrogen-bond acceptors (Lipinski definition) is 5. The number of nitrogens with two attached hydrogens (primary N) is 1. The zero-order chi connectivity index (χ0) is 15.1. The van der Waals surface area contributed by atoms with Crippen LogP contribution < -0.4 is 10.6 Å². The molecule has 110 valence electrons. The molecule has 0 aliphatic carbocycles. The summed E-state index contributed by atoms with van der Waals surface area (Å²) < 4.78 is 0. The molecule has 0 atom stereocenters. The summed E-state index contributed by atoms with van der Waals surface area (Å²) in [5.41, 5.74) is 6.73. The Morgan fingerprint density at radius 3 is 2.52 bits per heavy atom. The molecule has 0 spiro atoms. The first kappa shape index (κ1) is 14.9. The van der Waals surface area contributed by atoms with E-state index in [2.05, 4.69) is 9.88 Å². The molecule has 1 aromatic carbocycles. The number of rotatable bonds is 7. The van der Waals surface area contributed by atoms with Crippen molar-refractivity contribution in [1.82, 2.24) is 4.98 Å². The van der Waals surface area contributed by atoms with Gasteiger partial charge in [0.2, 0.25) is 0 Å². The van der Waals surface area contributed by atoms with Crippen LogP contribution in [0.1, 0.15) is 12.0 Å². The summed E-state index contributed by atoms with van der Waals surface area (Å²) in [5, 5.41) is 10.7. The summed E-state index contributed by atoms with van der Waals surface area (Å²) in [7, 11) is 0. The molecular weight excluding hydrogens is 268 g/mol. The monoisotopic (exact) mass is 286 g/mol. The average molecular weight is 286 g/mol. The van der Waals surface area contributed by atoms with E-state index in [1.807, 2.05) is 30.3 Å². The fourth-order valence-electron chi connectivity index (χ4n) is 2.03. The van der Waals surface area contributed by atoms with Gasteiger partial charge in [0, 0.05) is 19.2 Å². The molecule has 2 rings (SSSR count). The fraction of sp³-hybridized carbons (Fsp3) is 0.267. The Kier molecular flexibility index (Phi) is 5.22. The Balaban J connectivity index is 2.16. The van der Waals surface area contributed by atoms with E-state index in [1.54, 1.807) is 6.07 Å². The number of anilines is 1. The van der Waals surface area contributed by atoms with Crippen LogP contribution >= 0.6 is 0 Å².